The summed E-state index contributed by atoms with van der Waals surface area (Å²) in [6.45, 7) is 2.02. The van der Waals surface area contributed by atoms with Gasteiger partial charge in [0.05, 0.1) is 5.41 Å². The van der Waals surface area contributed by atoms with E-state index in [-0.39, 0.29) is 18.0 Å². The molecule has 2 fully saturated rings. The SMILES string of the molecule is Cc1nccc(N2CC[C@@]3(C[C@@H](NC(=O)c4ccccn4)CC(F)(F)C3)C2=O)n1. The van der Waals surface area contributed by atoms with Crippen molar-refractivity contribution in [2.24, 2.45) is 5.41 Å². The molecule has 7 nitrogen and oxygen atoms in total. The predicted molar refractivity (Wildman–Crippen MR) is 100 cm³/mol. The number of nitrogens with zero attached hydrogens (tertiary/aromatic N) is 4. The molecule has 1 N–H and O–H groups in total. The first-order valence-corrected chi connectivity index (χ1v) is 9.49. The van der Waals surface area contributed by atoms with Crippen molar-refractivity contribution in [3.05, 3.63) is 48.2 Å². The molecule has 2 aromatic heterocycles. The van der Waals surface area contributed by atoms with Crippen molar-refractivity contribution in [3.63, 3.8) is 0 Å². The van der Waals surface area contributed by atoms with Gasteiger partial charge < -0.3 is 5.32 Å². The minimum atomic E-state index is -3.05. The Morgan fingerprint density at radius 3 is 2.76 bits per heavy atom. The summed E-state index contributed by atoms with van der Waals surface area (Å²) in [6, 6.07) is 5.63. The van der Waals surface area contributed by atoms with E-state index >= 15 is 0 Å². The second-order valence-electron chi connectivity index (χ2n) is 7.78. The van der Waals surface area contributed by atoms with Crippen molar-refractivity contribution in [1.29, 1.82) is 0 Å². The van der Waals surface area contributed by atoms with Crippen molar-refractivity contribution in [2.75, 3.05) is 11.4 Å². The molecule has 3 heterocycles. The van der Waals surface area contributed by atoms with E-state index in [4.69, 9.17) is 0 Å². The standard InChI is InChI=1S/C20H21F2N5O2/c1-13-23-8-5-16(25-13)27-9-6-19(18(27)29)10-14(11-20(21,22)12-19)26-17(28)15-4-2-3-7-24-15/h2-5,7-8,14H,6,9-12H2,1H3,(H,26,28)/t14-,19+/m1/s1. The van der Waals surface area contributed by atoms with Crippen LogP contribution in [-0.2, 0) is 4.79 Å². The molecule has 29 heavy (non-hydrogen) atoms. The van der Waals surface area contributed by atoms with Gasteiger partial charge in [0.15, 0.2) is 0 Å². The number of hydrogen-bond donors (Lipinski definition) is 1. The molecule has 0 radical (unpaired) electrons. The number of anilines is 1. The van der Waals surface area contributed by atoms with Gasteiger partial charge in [0.25, 0.3) is 11.8 Å². The van der Waals surface area contributed by atoms with Crippen LogP contribution in [0.3, 0.4) is 0 Å². The highest BCUT2D eigenvalue weighted by Gasteiger charge is 2.57. The lowest BCUT2D eigenvalue weighted by molar-refractivity contribution is -0.140. The van der Waals surface area contributed by atoms with Gasteiger partial charge in [0.2, 0.25) is 5.91 Å². The van der Waals surface area contributed by atoms with E-state index in [1.165, 1.54) is 17.2 Å². The summed E-state index contributed by atoms with van der Waals surface area (Å²) in [5.41, 5.74) is -1.06. The Morgan fingerprint density at radius 2 is 2.03 bits per heavy atom. The number of aryl methyl sites for hydroxylation is 1. The lowest BCUT2D eigenvalue weighted by atomic mass is 9.69. The van der Waals surface area contributed by atoms with Crippen LogP contribution >= 0.6 is 0 Å². The van der Waals surface area contributed by atoms with Gasteiger partial charge in [-0.25, -0.2) is 18.7 Å². The third kappa shape index (κ3) is 3.81. The van der Waals surface area contributed by atoms with Gasteiger partial charge in [-0.3, -0.25) is 19.5 Å². The molecule has 152 valence electrons. The van der Waals surface area contributed by atoms with Crippen molar-refractivity contribution < 1.29 is 18.4 Å². The second kappa shape index (κ2) is 7.13. The highest BCUT2D eigenvalue weighted by Crippen LogP contribution is 2.51. The molecule has 1 spiro atoms. The first-order valence-electron chi connectivity index (χ1n) is 9.49. The number of halogens is 2. The monoisotopic (exact) mass is 401 g/mol. The number of carbonyl (C=O) groups is 2. The summed E-state index contributed by atoms with van der Waals surface area (Å²) in [4.78, 5) is 39.3. The predicted octanol–water partition coefficient (Wildman–Crippen LogP) is 2.52. The number of amides is 2. The number of alkyl halides is 2. The quantitative estimate of drug-likeness (QED) is 0.854. The van der Waals surface area contributed by atoms with Crippen LogP contribution in [-0.4, -0.2) is 45.3 Å². The fourth-order valence-electron chi connectivity index (χ4n) is 4.39. The summed E-state index contributed by atoms with van der Waals surface area (Å²) >= 11 is 0. The van der Waals surface area contributed by atoms with E-state index in [2.05, 4.69) is 20.3 Å². The Kier molecular flexibility index (Phi) is 4.76. The Bertz CT molecular complexity index is 939. The smallest absolute Gasteiger partial charge is 0.270 e. The van der Waals surface area contributed by atoms with Crippen LogP contribution in [0.5, 0.6) is 0 Å². The van der Waals surface area contributed by atoms with E-state index < -0.39 is 36.1 Å². The topological polar surface area (TPSA) is 88.1 Å². The zero-order valence-electron chi connectivity index (χ0n) is 15.9. The Balaban J connectivity index is 1.55. The van der Waals surface area contributed by atoms with Gasteiger partial charge in [-0.05, 0) is 38.0 Å². The van der Waals surface area contributed by atoms with E-state index in [1.54, 1.807) is 31.3 Å². The molecule has 1 aliphatic heterocycles. The third-order valence-electron chi connectivity index (χ3n) is 5.56. The summed E-state index contributed by atoms with van der Waals surface area (Å²) in [5.74, 6) is -3.01. The molecular weight excluding hydrogens is 380 g/mol. The average Bonchev–Trinajstić information content (AvgIpc) is 2.96. The molecule has 2 aliphatic rings. The molecule has 1 aliphatic carbocycles. The summed E-state index contributed by atoms with van der Waals surface area (Å²) < 4.78 is 29.2. The maximum Gasteiger partial charge on any atom is 0.270 e. The minimum absolute atomic E-state index is 0.159. The lowest BCUT2D eigenvalue weighted by Gasteiger charge is -2.40. The first kappa shape index (κ1) is 19.4. The van der Waals surface area contributed by atoms with Crippen molar-refractivity contribution in [2.45, 2.75) is 44.6 Å². The second-order valence-corrected chi connectivity index (χ2v) is 7.78. The molecule has 0 unspecified atom stereocenters. The van der Waals surface area contributed by atoms with Crippen LogP contribution in [0.4, 0.5) is 14.6 Å². The van der Waals surface area contributed by atoms with Gasteiger partial charge in [-0.2, -0.15) is 0 Å². The van der Waals surface area contributed by atoms with E-state index in [1.807, 2.05) is 0 Å². The average molecular weight is 401 g/mol. The molecular formula is C20H21F2N5O2. The van der Waals surface area contributed by atoms with Gasteiger partial charge in [0.1, 0.15) is 17.3 Å². The molecule has 4 rings (SSSR count). The molecule has 1 saturated heterocycles. The van der Waals surface area contributed by atoms with Gasteiger partial charge in [0, 0.05) is 37.8 Å². The highest BCUT2D eigenvalue weighted by atomic mass is 19.3. The van der Waals surface area contributed by atoms with E-state index in [0.29, 0.717) is 24.6 Å². The summed E-state index contributed by atoms with van der Waals surface area (Å²) in [7, 11) is 0. The first-order chi connectivity index (χ1) is 13.8. The normalized spacial score (nSPS) is 26.0. The number of rotatable bonds is 3. The van der Waals surface area contributed by atoms with Crippen molar-refractivity contribution >= 4 is 17.6 Å². The van der Waals surface area contributed by atoms with Gasteiger partial charge in [-0.1, -0.05) is 6.07 Å². The zero-order chi connectivity index (χ0) is 20.6. The molecule has 2 atom stereocenters. The zero-order valence-corrected chi connectivity index (χ0v) is 15.9. The molecule has 2 aromatic rings. The van der Waals surface area contributed by atoms with E-state index in [9.17, 15) is 18.4 Å². The van der Waals surface area contributed by atoms with Crippen molar-refractivity contribution in [1.82, 2.24) is 20.3 Å². The van der Waals surface area contributed by atoms with Crippen LogP contribution in [0.25, 0.3) is 0 Å². The maximum atomic E-state index is 14.6. The number of carbonyl (C=O) groups excluding carboxylic acids is 2. The number of hydrogen-bond acceptors (Lipinski definition) is 5. The van der Waals surface area contributed by atoms with Crippen LogP contribution in [0.1, 0.15) is 42.0 Å². The largest absolute Gasteiger partial charge is 0.348 e. The summed E-state index contributed by atoms with van der Waals surface area (Å²) in [6.07, 6.45) is 2.46. The number of pyridine rings is 1. The fraction of sp³-hybridized carbons (Fsp3) is 0.450. The van der Waals surface area contributed by atoms with E-state index in [0.717, 1.165) is 0 Å². The van der Waals surface area contributed by atoms with Crippen LogP contribution < -0.4 is 10.2 Å². The Morgan fingerprint density at radius 1 is 1.21 bits per heavy atom. The maximum absolute atomic E-state index is 14.6. The summed E-state index contributed by atoms with van der Waals surface area (Å²) in [5, 5.41) is 2.65. The van der Waals surface area contributed by atoms with Crippen molar-refractivity contribution in [3.8, 4) is 0 Å². The third-order valence-corrected chi connectivity index (χ3v) is 5.56. The van der Waals surface area contributed by atoms with Gasteiger partial charge in [-0.15, -0.1) is 0 Å². The fourth-order valence-corrected chi connectivity index (χ4v) is 4.39. The molecule has 9 heteroatoms. The molecule has 1 saturated carbocycles. The molecule has 0 aromatic carbocycles. The van der Waals surface area contributed by atoms with Crippen LogP contribution in [0.2, 0.25) is 0 Å². The van der Waals surface area contributed by atoms with Crippen LogP contribution in [0, 0.1) is 12.3 Å². The number of aromatic nitrogens is 3. The Hall–Kier alpha value is -2.97. The van der Waals surface area contributed by atoms with Crippen LogP contribution in [0.15, 0.2) is 36.7 Å². The molecule has 0 bridgehead atoms. The Labute approximate surface area is 166 Å². The number of nitrogens with one attached hydrogen (secondary N) is 1. The molecule has 2 amide bonds. The highest BCUT2D eigenvalue weighted by molar-refractivity contribution is 5.99. The minimum Gasteiger partial charge on any atom is -0.348 e. The lowest BCUT2D eigenvalue weighted by Crippen LogP contribution is -2.52. The van der Waals surface area contributed by atoms with Gasteiger partial charge >= 0.3 is 0 Å².